The zero-order valence-electron chi connectivity index (χ0n) is 20.3. The molecule has 2 saturated carbocycles. The van der Waals surface area contributed by atoms with Crippen LogP contribution < -0.4 is 5.32 Å². The summed E-state index contributed by atoms with van der Waals surface area (Å²) < 4.78 is 6.73. The number of hydrogen-bond donors (Lipinski definition) is 3. The summed E-state index contributed by atoms with van der Waals surface area (Å²) in [7, 11) is 0. The van der Waals surface area contributed by atoms with Crippen molar-refractivity contribution < 1.29 is 14.9 Å². The van der Waals surface area contributed by atoms with Crippen molar-refractivity contribution in [2.24, 2.45) is 35.0 Å². The number of hydrogen-bond acceptors (Lipinski definition) is 5. The third kappa shape index (κ3) is 5.82. The molecule has 0 spiro atoms. The van der Waals surface area contributed by atoms with E-state index in [1.165, 1.54) is 51.4 Å². The van der Waals surface area contributed by atoms with Gasteiger partial charge in [-0.3, -0.25) is 0 Å². The van der Waals surface area contributed by atoms with E-state index in [1.807, 2.05) is 0 Å². The summed E-state index contributed by atoms with van der Waals surface area (Å²) in [4.78, 5) is 0. The number of fused-ring (bicyclic) bond motifs is 1. The lowest BCUT2D eigenvalue weighted by molar-refractivity contribution is -0.0929. The molecule has 2 saturated heterocycles. The average molecular weight is 454 g/mol. The average Bonchev–Trinajstić information content (AvgIpc) is 2.73. The minimum absolute atomic E-state index is 0.00142. The lowest BCUT2D eigenvalue weighted by Crippen LogP contribution is -2.51. The highest BCUT2D eigenvalue weighted by Gasteiger charge is 2.48. The normalized spacial score (nSPS) is 44.6. The van der Waals surface area contributed by atoms with Gasteiger partial charge in [0.25, 0.3) is 0 Å². The van der Waals surface area contributed by atoms with Gasteiger partial charge in [-0.15, -0.1) is 11.8 Å². The van der Waals surface area contributed by atoms with Crippen molar-refractivity contribution >= 4 is 11.8 Å². The third-order valence-corrected chi connectivity index (χ3v) is 10.9. The van der Waals surface area contributed by atoms with Crippen LogP contribution in [0, 0.1) is 35.0 Å². The molecule has 31 heavy (non-hydrogen) atoms. The van der Waals surface area contributed by atoms with Gasteiger partial charge in [0.1, 0.15) is 5.44 Å². The zero-order valence-corrected chi connectivity index (χ0v) is 21.1. The molecule has 0 radical (unpaired) electrons. The van der Waals surface area contributed by atoms with Crippen LogP contribution in [0.25, 0.3) is 0 Å². The Morgan fingerprint density at radius 1 is 0.968 bits per heavy atom. The van der Waals surface area contributed by atoms with Crippen LogP contribution in [0.5, 0.6) is 0 Å². The summed E-state index contributed by atoms with van der Waals surface area (Å²) in [6.07, 6.45) is 11.8. The lowest BCUT2D eigenvalue weighted by atomic mass is 9.64. The van der Waals surface area contributed by atoms with E-state index in [0.29, 0.717) is 23.0 Å². The molecule has 0 aromatic carbocycles. The minimum Gasteiger partial charge on any atom is -0.368 e. The maximum atomic E-state index is 9.48. The summed E-state index contributed by atoms with van der Waals surface area (Å²) >= 11 is 2.15. The van der Waals surface area contributed by atoms with Crippen LogP contribution in [0.15, 0.2) is 0 Å². The fourth-order valence-corrected chi connectivity index (χ4v) is 9.19. The first kappa shape index (κ1) is 24.3. The Morgan fingerprint density at radius 2 is 1.68 bits per heavy atom. The van der Waals surface area contributed by atoms with Crippen molar-refractivity contribution in [1.29, 1.82) is 0 Å². The topological polar surface area (TPSA) is 61.7 Å². The van der Waals surface area contributed by atoms with Gasteiger partial charge in [0.05, 0.1) is 6.10 Å². The van der Waals surface area contributed by atoms with Crippen molar-refractivity contribution in [3.8, 4) is 0 Å². The monoisotopic (exact) mass is 453 g/mol. The van der Waals surface area contributed by atoms with Gasteiger partial charge in [0.15, 0.2) is 6.29 Å². The largest absolute Gasteiger partial charge is 0.368 e. The van der Waals surface area contributed by atoms with Gasteiger partial charge >= 0.3 is 0 Å². The Morgan fingerprint density at radius 3 is 2.32 bits per heavy atom. The van der Waals surface area contributed by atoms with Crippen molar-refractivity contribution in [2.45, 2.75) is 121 Å². The molecule has 4 rings (SSSR count). The van der Waals surface area contributed by atoms with Gasteiger partial charge in [-0.1, -0.05) is 33.6 Å². The fourth-order valence-electron chi connectivity index (χ4n) is 7.09. The predicted octanol–water partition coefficient (Wildman–Crippen LogP) is 5.17. The smallest absolute Gasteiger partial charge is 0.155 e. The second-order valence-electron chi connectivity index (χ2n) is 12.1. The summed E-state index contributed by atoms with van der Waals surface area (Å²) in [6.45, 7) is 10.5. The number of nitrogens with one attached hydrogen (secondary N) is 1. The Balaban J connectivity index is 1.30. The lowest BCUT2D eigenvalue weighted by Gasteiger charge is -2.52. The van der Waals surface area contributed by atoms with Gasteiger partial charge in [-0.2, -0.15) is 0 Å². The number of thioether (sulfide) groups is 1. The van der Waals surface area contributed by atoms with E-state index in [2.05, 4.69) is 44.8 Å². The van der Waals surface area contributed by atoms with Crippen LogP contribution in [-0.2, 0) is 4.74 Å². The predicted molar refractivity (Wildman–Crippen MR) is 129 cm³/mol. The van der Waals surface area contributed by atoms with Crippen LogP contribution in [0.4, 0.5) is 0 Å². The van der Waals surface area contributed by atoms with E-state index in [4.69, 9.17) is 4.74 Å². The second-order valence-corrected chi connectivity index (χ2v) is 13.5. The molecule has 2 aliphatic carbocycles. The number of piperidine rings is 1. The molecule has 4 fully saturated rings. The molecule has 0 bridgehead atoms. The summed E-state index contributed by atoms with van der Waals surface area (Å²) in [5.41, 5.74) is 0.695. The van der Waals surface area contributed by atoms with Crippen LogP contribution in [-0.4, -0.2) is 45.9 Å². The van der Waals surface area contributed by atoms with Gasteiger partial charge in [0, 0.05) is 23.8 Å². The first-order valence-corrected chi connectivity index (χ1v) is 14.1. The summed E-state index contributed by atoms with van der Waals surface area (Å²) in [5, 5.41) is 23.4. The minimum atomic E-state index is -1.17. The van der Waals surface area contributed by atoms with Crippen LogP contribution >= 0.6 is 11.8 Å². The number of aliphatic hydroxyl groups is 2. The van der Waals surface area contributed by atoms with E-state index < -0.39 is 6.29 Å². The molecule has 4 nitrogen and oxygen atoms in total. The van der Waals surface area contributed by atoms with Crippen molar-refractivity contribution in [2.75, 3.05) is 6.54 Å². The molecular formula is C26H47NO3S. The molecule has 6 unspecified atom stereocenters. The number of rotatable bonds is 5. The van der Waals surface area contributed by atoms with Gasteiger partial charge < -0.3 is 20.3 Å². The molecule has 4 aliphatic rings. The van der Waals surface area contributed by atoms with Crippen LogP contribution in [0.2, 0.25) is 0 Å². The first-order chi connectivity index (χ1) is 14.7. The Bertz CT molecular complexity index is 569. The van der Waals surface area contributed by atoms with Gasteiger partial charge in [-0.25, -0.2) is 0 Å². The summed E-state index contributed by atoms with van der Waals surface area (Å²) in [5.74, 6) is 3.16. The maximum absolute atomic E-state index is 9.48. The molecule has 180 valence electrons. The van der Waals surface area contributed by atoms with Crippen molar-refractivity contribution in [1.82, 2.24) is 5.32 Å². The molecule has 0 aromatic heterocycles. The molecule has 7 atom stereocenters. The second kappa shape index (κ2) is 10.2. The van der Waals surface area contributed by atoms with Gasteiger partial charge in [-0.05, 0) is 87.4 Å². The van der Waals surface area contributed by atoms with Crippen LogP contribution in [0.3, 0.4) is 0 Å². The van der Waals surface area contributed by atoms with E-state index in [1.54, 1.807) is 0 Å². The molecule has 5 heteroatoms. The van der Waals surface area contributed by atoms with Crippen LogP contribution in [0.1, 0.15) is 91.9 Å². The van der Waals surface area contributed by atoms with E-state index >= 15 is 0 Å². The molecule has 2 aliphatic heterocycles. The first-order valence-electron chi connectivity index (χ1n) is 13.1. The standard InChI is InChI=1S/C26H47NO3S/c1-16-5-7-18(8-6-16)17(2)30-24-14-26(3,4)21-13-19(10-12-23(21)31-24)22-11-9-20(15-27-22)25(28)29/h16-25,27-29H,5-15H2,1-4H3/t16?,17?,18?,19?,20?,21-,22?,23?,24?/m0/s1. The quantitative estimate of drug-likeness (QED) is 0.501. The number of aliphatic hydroxyl groups excluding tert-OH is 1. The molecule has 0 aromatic rings. The number of ether oxygens (including phenoxy) is 1. The highest BCUT2D eigenvalue weighted by Crippen LogP contribution is 2.55. The molecular weight excluding hydrogens is 406 g/mol. The fraction of sp³-hybridized carbons (Fsp3) is 1.00. The molecule has 0 amide bonds. The SMILES string of the molecule is CC1CCC(C(C)OC2CC(C)(C)[C@H]3CC(C4CCC(C(O)O)CN4)CCC3S2)CC1. The third-order valence-electron chi connectivity index (χ3n) is 9.42. The van der Waals surface area contributed by atoms with Gasteiger partial charge in [0.2, 0.25) is 0 Å². The zero-order chi connectivity index (χ0) is 22.2. The van der Waals surface area contributed by atoms with E-state index in [-0.39, 0.29) is 5.92 Å². The highest BCUT2D eigenvalue weighted by atomic mass is 32.2. The Labute approximate surface area is 194 Å². The van der Waals surface area contributed by atoms with E-state index in [9.17, 15) is 10.2 Å². The van der Waals surface area contributed by atoms with E-state index in [0.717, 1.165) is 48.3 Å². The summed E-state index contributed by atoms with van der Waals surface area (Å²) in [6, 6.07) is 0.555. The maximum Gasteiger partial charge on any atom is 0.155 e. The molecule has 2 heterocycles. The highest BCUT2D eigenvalue weighted by molar-refractivity contribution is 8.00. The Hall–Kier alpha value is 0.190. The Kier molecular flexibility index (Phi) is 8.01. The van der Waals surface area contributed by atoms with Crippen molar-refractivity contribution in [3.63, 3.8) is 0 Å². The molecule has 3 N–H and O–H groups in total. The van der Waals surface area contributed by atoms with Crippen molar-refractivity contribution in [3.05, 3.63) is 0 Å².